The van der Waals surface area contributed by atoms with Crippen molar-refractivity contribution in [2.75, 3.05) is 11.7 Å². The Balaban J connectivity index is 1.10. The third kappa shape index (κ3) is 5.59. The first-order chi connectivity index (χ1) is 28.0. The van der Waals surface area contributed by atoms with Crippen LogP contribution in [0, 0.1) is 0 Å². The Morgan fingerprint density at radius 1 is 0.421 bits per heavy atom. The maximum atomic E-state index is 7.13. The molecule has 0 aliphatic rings. The molecule has 6 heteroatoms. The molecule has 0 fully saturated rings. The van der Waals surface area contributed by atoms with Crippen molar-refractivity contribution in [3.05, 3.63) is 188 Å². The number of furan rings is 2. The number of nitrogens with zero attached hydrogens (tertiary/aromatic N) is 1. The fraction of sp³-hybridized carbons (Fsp3) is 0.0196. The van der Waals surface area contributed by atoms with E-state index in [9.17, 15) is 0 Å². The van der Waals surface area contributed by atoms with E-state index < -0.39 is 7.64 Å². The number of nitrogens with two attached hydrogens (primary N) is 1. The van der Waals surface area contributed by atoms with Crippen LogP contribution in [0.4, 0.5) is 11.4 Å². The van der Waals surface area contributed by atoms with Gasteiger partial charge in [0.2, 0.25) is 0 Å². The largest absolute Gasteiger partial charge is 0.456 e. The summed E-state index contributed by atoms with van der Waals surface area (Å²) < 4.78 is 19.6. The molecule has 0 bridgehead atoms. The van der Waals surface area contributed by atoms with E-state index in [2.05, 4.69) is 140 Å². The number of benzene rings is 9. The third-order valence-electron chi connectivity index (χ3n) is 11.1. The van der Waals surface area contributed by atoms with Gasteiger partial charge in [-0.1, -0.05) is 126 Å². The predicted molar refractivity (Wildman–Crippen MR) is 240 cm³/mol. The van der Waals surface area contributed by atoms with Gasteiger partial charge in [0.05, 0.1) is 18.0 Å². The van der Waals surface area contributed by atoms with E-state index >= 15 is 0 Å². The predicted octanol–water partition coefficient (Wildman–Crippen LogP) is 14.0. The molecule has 272 valence electrons. The molecule has 2 N–H and O–H groups in total. The van der Waals surface area contributed by atoms with Crippen molar-refractivity contribution < 1.29 is 13.5 Å². The van der Waals surface area contributed by atoms with Crippen LogP contribution in [0.5, 0.6) is 0 Å². The van der Waals surface area contributed by atoms with E-state index in [-0.39, 0.29) is 0 Å². The molecular formula is C51H36N2O3P+. The summed E-state index contributed by atoms with van der Waals surface area (Å²) >= 11 is 0. The van der Waals surface area contributed by atoms with Gasteiger partial charge in [-0.05, 0) is 99.8 Å². The molecule has 5 nitrogen and oxygen atoms in total. The summed E-state index contributed by atoms with van der Waals surface area (Å²) in [7, 11) is -2.59. The molecule has 2 heterocycles. The Morgan fingerprint density at radius 2 is 0.842 bits per heavy atom. The summed E-state index contributed by atoms with van der Waals surface area (Å²) in [5.41, 5.74) is 17.0. The van der Waals surface area contributed by atoms with E-state index in [1.165, 1.54) is 0 Å². The van der Waals surface area contributed by atoms with Gasteiger partial charge in [-0.15, -0.1) is 0 Å². The molecule has 0 saturated heterocycles. The zero-order chi connectivity index (χ0) is 38.1. The molecule has 57 heavy (non-hydrogen) atoms. The molecule has 0 saturated carbocycles. The molecule has 2 aromatic heterocycles. The summed E-state index contributed by atoms with van der Waals surface area (Å²) in [6.07, 6.45) is 0. The Labute approximate surface area is 329 Å². The lowest BCUT2D eigenvalue weighted by Crippen LogP contribution is -2.28. The van der Waals surface area contributed by atoms with Gasteiger partial charge < -0.3 is 8.83 Å². The van der Waals surface area contributed by atoms with Crippen LogP contribution in [0.1, 0.15) is 0 Å². The normalized spacial score (nSPS) is 12.9. The highest BCUT2D eigenvalue weighted by Gasteiger charge is 2.38. The second-order valence-electron chi connectivity index (χ2n) is 14.7. The van der Waals surface area contributed by atoms with Crippen LogP contribution in [-0.2, 0) is 4.62 Å². The lowest BCUT2D eigenvalue weighted by Gasteiger charge is -2.29. The Bertz CT molecular complexity index is 3260. The first-order valence-electron chi connectivity index (χ1n) is 19.1. The zero-order valence-corrected chi connectivity index (χ0v) is 32.0. The highest BCUT2D eigenvalue weighted by atomic mass is 31.2. The average Bonchev–Trinajstić information content (AvgIpc) is 3.82. The molecule has 11 aromatic rings. The molecule has 1 atom stereocenters. The quantitative estimate of drug-likeness (QED) is 0.0997. The van der Waals surface area contributed by atoms with Crippen LogP contribution in [-0.4, -0.2) is 6.66 Å². The molecule has 1 unspecified atom stereocenters. The minimum Gasteiger partial charge on any atom is -0.456 e. The van der Waals surface area contributed by atoms with Crippen molar-refractivity contribution in [2.45, 2.75) is 0 Å². The topological polar surface area (TPSA) is 64.8 Å². The fourth-order valence-corrected chi connectivity index (χ4v) is 9.75. The second-order valence-corrected chi connectivity index (χ2v) is 17.3. The SMILES string of the molecule is C[P+](N)(ON(c1ccccc1)c1c2ccccc2c(-c2ccc3oc4ccc(-c5ccc6oc7ccccc7c6c5)cc4c3c2)c2ccccc12)c1ccccc1. The maximum absolute atomic E-state index is 7.13. The monoisotopic (exact) mass is 755 g/mol. The van der Waals surface area contributed by atoms with Gasteiger partial charge in [0.15, 0.2) is 0 Å². The minimum absolute atomic E-state index is 0.850. The Kier molecular flexibility index (Phi) is 7.77. The molecule has 0 aliphatic heterocycles. The molecular weight excluding hydrogens is 720 g/mol. The van der Waals surface area contributed by atoms with E-state index in [4.69, 9.17) is 19.0 Å². The average molecular weight is 756 g/mol. The van der Waals surface area contributed by atoms with Crippen LogP contribution in [0.2, 0.25) is 0 Å². The molecule has 0 amide bonds. The third-order valence-corrected chi connectivity index (χ3v) is 12.9. The minimum atomic E-state index is -2.59. The number of para-hydroxylation sites is 2. The van der Waals surface area contributed by atoms with E-state index in [0.717, 1.165) is 104 Å². The zero-order valence-electron chi connectivity index (χ0n) is 31.1. The van der Waals surface area contributed by atoms with Crippen LogP contribution in [0.25, 0.3) is 87.7 Å². The maximum Gasteiger partial charge on any atom is 0.273 e. The smallest absolute Gasteiger partial charge is 0.273 e. The van der Waals surface area contributed by atoms with Gasteiger partial charge in [0, 0.05) is 32.3 Å². The van der Waals surface area contributed by atoms with E-state index in [1.807, 2.05) is 60.3 Å². The highest BCUT2D eigenvalue weighted by Crippen LogP contribution is 2.53. The fourth-order valence-electron chi connectivity index (χ4n) is 8.37. The summed E-state index contributed by atoms with van der Waals surface area (Å²) in [6.45, 7) is 2.02. The van der Waals surface area contributed by atoms with Crippen molar-refractivity contribution in [2.24, 2.45) is 5.50 Å². The Morgan fingerprint density at radius 3 is 1.42 bits per heavy atom. The highest BCUT2D eigenvalue weighted by molar-refractivity contribution is 7.75. The molecule has 0 aliphatic carbocycles. The van der Waals surface area contributed by atoms with Gasteiger partial charge in [-0.3, -0.25) is 0 Å². The summed E-state index contributed by atoms with van der Waals surface area (Å²) in [5.74, 6) is 0. The number of fused-ring (bicyclic) bond motifs is 8. The van der Waals surface area contributed by atoms with Crippen LogP contribution >= 0.6 is 7.64 Å². The van der Waals surface area contributed by atoms with Crippen LogP contribution in [0.15, 0.2) is 197 Å². The molecule has 0 radical (unpaired) electrons. The van der Waals surface area contributed by atoms with E-state index in [0.29, 0.717) is 0 Å². The summed E-state index contributed by atoms with van der Waals surface area (Å²) in [6, 6.07) is 65.3. The first-order valence-corrected chi connectivity index (χ1v) is 21.3. The van der Waals surface area contributed by atoms with E-state index in [1.54, 1.807) is 0 Å². The first kappa shape index (κ1) is 33.6. The van der Waals surface area contributed by atoms with Crippen molar-refractivity contribution in [3.8, 4) is 22.3 Å². The summed E-state index contributed by atoms with van der Waals surface area (Å²) in [5, 5.41) is 11.7. The van der Waals surface area contributed by atoms with Crippen LogP contribution in [0.3, 0.4) is 0 Å². The Hall–Kier alpha value is -6.75. The van der Waals surface area contributed by atoms with Crippen molar-refractivity contribution >= 4 is 89.7 Å². The van der Waals surface area contributed by atoms with Gasteiger partial charge in [0.25, 0.3) is 7.64 Å². The summed E-state index contributed by atoms with van der Waals surface area (Å²) in [4.78, 5) is 0. The van der Waals surface area contributed by atoms with Gasteiger partial charge >= 0.3 is 0 Å². The number of hydrogen-bond donors (Lipinski definition) is 1. The van der Waals surface area contributed by atoms with Crippen molar-refractivity contribution in [1.82, 2.24) is 0 Å². The molecule has 9 aromatic carbocycles. The van der Waals surface area contributed by atoms with Gasteiger partial charge in [-0.2, -0.15) is 10.6 Å². The number of anilines is 2. The van der Waals surface area contributed by atoms with Crippen molar-refractivity contribution in [1.29, 1.82) is 0 Å². The second kappa shape index (κ2) is 13.2. The van der Waals surface area contributed by atoms with Crippen molar-refractivity contribution in [3.63, 3.8) is 0 Å². The van der Waals surface area contributed by atoms with Gasteiger partial charge in [0.1, 0.15) is 27.6 Å². The standard InChI is InChI=1S/C51H36N2O3P/c1-57(52,37-16-6-3-7-17-37)56-53(36-14-4-2-5-15-36)51-41-21-10-8-19-39(41)50(40-20-9-11-22-42(40)51)35-26-29-49-45(32-35)44-31-34(25-28-48(44)55-49)33-24-27-47-43(30-33)38-18-12-13-23-46(38)54-47/h2-32H,52H2,1H3/q+1. The molecule has 0 spiro atoms. The van der Waals surface area contributed by atoms with Crippen LogP contribution < -0.4 is 15.9 Å². The number of rotatable bonds is 7. The lowest BCUT2D eigenvalue weighted by molar-refractivity contribution is 0.357. The number of hydrogen-bond acceptors (Lipinski definition) is 5. The molecule has 11 rings (SSSR count). The van der Waals surface area contributed by atoms with Gasteiger partial charge in [-0.25, -0.2) is 0 Å². The lowest BCUT2D eigenvalue weighted by atomic mass is 9.89.